The van der Waals surface area contributed by atoms with Gasteiger partial charge in [0.2, 0.25) is 0 Å². The fourth-order valence-corrected chi connectivity index (χ4v) is 4.17. The van der Waals surface area contributed by atoms with Crippen molar-refractivity contribution >= 4 is 29.2 Å². The van der Waals surface area contributed by atoms with Crippen LogP contribution in [0.1, 0.15) is 27.8 Å². The van der Waals surface area contributed by atoms with Crippen molar-refractivity contribution in [3.63, 3.8) is 0 Å². The Hall–Kier alpha value is -4.16. The number of aromatic nitrogens is 3. The smallest absolute Gasteiger partial charge is 0.271 e. The Bertz CT molecular complexity index is 1480. The van der Waals surface area contributed by atoms with Crippen LogP contribution in [-0.4, -0.2) is 45.2 Å². The van der Waals surface area contributed by atoms with Gasteiger partial charge in [-0.2, -0.15) is 10.6 Å². The first-order valence-corrected chi connectivity index (χ1v) is 12.2. The van der Waals surface area contributed by atoms with E-state index in [1.54, 1.807) is 18.2 Å². The number of benzene rings is 2. The molecule has 2 unspecified atom stereocenters. The topological polar surface area (TPSA) is 125 Å². The highest BCUT2D eigenvalue weighted by Gasteiger charge is 2.24. The van der Waals surface area contributed by atoms with Gasteiger partial charge in [0, 0.05) is 30.4 Å². The minimum atomic E-state index is -0.557. The number of amides is 2. The van der Waals surface area contributed by atoms with Gasteiger partial charge < -0.3 is 10.6 Å². The lowest BCUT2D eigenvalue weighted by molar-refractivity contribution is 0.0943. The third kappa shape index (κ3) is 5.41. The number of carbonyl (C=O) groups excluding carboxylic acids is 2. The number of hydrogen-bond donors (Lipinski definition) is 5. The Morgan fingerprint density at radius 1 is 1.05 bits per heavy atom. The summed E-state index contributed by atoms with van der Waals surface area (Å²) >= 11 is 6.33. The molecule has 1 aliphatic heterocycles. The van der Waals surface area contributed by atoms with Gasteiger partial charge in [0.25, 0.3) is 11.8 Å². The fraction of sp³-hybridized carbons (Fsp3) is 0.154. The Labute approximate surface area is 222 Å². The van der Waals surface area contributed by atoms with E-state index in [0.29, 0.717) is 17.8 Å². The van der Waals surface area contributed by atoms with Crippen LogP contribution in [0.4, 0.5) is 10.2 Å². The molecule has 1 fully saturated rings. The fourth-order valence-electron chi connectivity index (χ4n) is 3.97. The van der Waals surface area contributed by atoms with E-state index in [1.807, 2.05) is 25.1 Å². The van der Waals surface area contributed by atoms with E-state index in [0.717, 1.165) is 0 Å². The number of anilines is 1. The molecule has 0 spiro atoms. The predicted octanol–water partition coefficient (Wildman–Crippen LogP) is 3.08. The van der Waals surface area contributed by atoms with Crippen LogP contribution in [-0.2, 0) is 0 Å². The zero-order chi connectivity index (χ0) is 26.6. The number of nitrogens with one attached hydrogen (secondary N) is 5. The van der Waals surface area contributed by atoms with Gasteiger partial charge in [0.1, 0.15) is 17.3 Å². The summed E-state index contributed by atoms with van der Waals surface area (Å²) in [5, 5.41) is 10.3. The van der Waals surface area contributed by atoms with Crippen LogP contribution in [0.5, 0.6) is 0 Å². The molecule has 1 saturated heterocycles. The molecule has 2 aromatic carbocycles. The maximum absolute atomic E-state index is 14.3. The molecular formula is C26H24ClFN8O2. The molecule has 5 rings (SSSR count). The largest absolute Gasteiger partial charge is 0.349 e. The lowest BCUT2D eigenvalue weighted by Gasteiger charge is -2.13. The number of halogens is 2. The highest BCUT2D eigenvalue weighted by molar-refractivity contribution is 6.34. The molecule has 0 radical (unpaired) electrons. The molecule has 0 saturated carbocycles. The number of rotatable bonds is 7. The molecule has 38 heavy (non-hydrogen) atoms. The molecule has 194 valence electrons. The Morgan fingerprint density at radius 3 is 2.61 bits per heavy atom. The van der Waals surface area contributed by atoms with Crippen molar-refractivity contribution < 1.29 is 14.0 Å². The monoisotopic (exact) mass is 534 g/mol. The van der Waals surface area contributed by atoms with E-state index in [1.165, 1.54) is 41.2 Å². The predicted molar refractivity (Wildman–Crippen MR) is 141 cm³/mol. The number of pyridine rings is 1. The first-order valence-electron chi connectivity index (χ1n) is 11.8. The third-order valence-corrected chi connectivity index (χ3v) is 6.40. The minimum Gasteiger partial charge on any atom is -0.349 e. The van der Waals surface area contributed by atoms with Gasteiger partial charge in [-0.15, -0.1) is 0 Å². The maximum atomic E-state index is 14.3. The standard InChI is InChI=1S/C26H24ClFN8O2/c1-15-22(33-35-32-15)14-30-26(38)21-13-23(36(34-21)17-6-3-2-4-7-17)31-25(37)18-12-16(9-10-19(18)27)24-20(28)8-5-11-29-24/h2-13,15,22,32-33,35H,14H2,1H3,(H,30,38)(H,31,37). The minimum absolute atomic E-state index is 0.0207. The summed E-state index contributed by atoms with van der Waals surface area (Å²) in [5.74, 6) is -1.22. The van der Waals surface area contributed by atoms with E-state index >= 15 is 0 Å². The number of hydrogen-bond acceptors (Lipinski definition) is 7. The number of para-hydroxylation sites is 1. The Kier molecular flexibility index (Phi) is 7.43. The van der Waals surface area contributed by atoms with Crippen molar-refractivity contribution in [3.8, 4) is 16.9 Å². The third-order valence-electron chi connectivity index (χ3n) is 6.07. The van der Waals surface area contributed by atoms with Gasteiger partial charge in [-0.05, 0) is 43.3 Å². The summed E-state index contributed by atoms with van der Waals surface area (Å²) in [6, 6.07) is 18.0. The zero-order valence-electron chi connectivity index (χ0n) is 20.2. The van der Waals surface area contributed by atoms with E-state index in [9.17, 15) is 14.0 Å². The van der Waals surface area contributed by atoms with Crippen molar-refractivity contribution in [1.29, 1.82) is 0 Å². The molecule has 0 aliphatic carbocycles. The maximum Gasteiger partial charge on any atom is 0.271 e. The SMILES string of the molecule is CC1NNNC1CNC(=O)c1cc(NC(=O)c2cc(-c3ncccc3F)ccc2Cl)n(-c2ccccc2)n1. The van der Waals surface area contributed by atoms with Crippen molar-refractivity contribution in [3.05, 3.63) is 95.0 Å². The number of carbonyl (C=O) groups is 2. The molecule has 2 aromatic heterocycles. The first-order chi connectivity index (χ1) is 18.4. The summed E-state index contributed by atoms with van der Waals surface area (Å²) in [7, 11) is 0. The van der Waals surface area contributed by atoms with Gasteiger partial charge in [0.15, 0.2) is 5.69 Å². The average Bonchev–Trinajstić information content (AvgIpc) is 3.54. The molecular weight excluding hydrogens is 511 g/mol. The number of hydrazine groups is 2. The van der Waals surface area contributed by atoms with Crippen LogP contribution in [0.15, 0.2) is 72.9 Å². The molecule has 5 N–H and O–H groups in total. The highest BCUT2D eigenvalue weighted by atomic mass is 35.5. The van der Waals surface area contributed by atoms with Crippen LogP contribution >= 0.6 is 11.6 Å². The highest BCUT2D eigenvalue weighted by Crippen LogP contribution is 2.27. The normalized spacial score (nSPS) is 16.8. The van der Waals surface area contributed by atoms with Crippen molar-refractivity contribution in [2.24, 2.45) is 0 Å². The van der Waals surface area contributed by atoms with Crippen molar-refractivity contribution in [2.75, 3.05) is 11.9 Å². The van der Waals surface area contributed by atoms with Gasteiger partial charge in [0.05, 0.1) is 22.3 Å². The van der Waals surface area contributed by atoms with E-state index in [2.05, 4.69) is 37.1 Å². The summed E-state index contributed by atoms with van der Waals surface area (Å²) in [6.45, 7) is 2.33. The number of nitrogens with zero attached hydrogens (tertiary/aromatic N) is 3. The van der Waals surface area contributed by atoms with Gasteiger partial charge in [-0.1, -0.05) is 35.9 Å². The lowest BCUT2D eigenvalue weighted by atomic mass is 10.1. The second kappa shape index (κ2) is 11.1. The van der Waals surface area contributed by atoms with Crippen LogP contribution < -0.4 is 27.0 Å². The van der Waals surface area contributed by atoms with Gasteiger partial charge >= 0.3 is 0 Å². The summed E-state index contributed by atoms with van der Waals surface area (Å²) in [5.41, 5.74) is 10.2. The van der Waals surface area contributed by atoms with Crippen LogP contribution in [0.2, 0.25) is 5.02 Å². The van der Waals surface area contributed by atoms with Crippen LogP contribution in [0.3, 0.4) is 0 Å². The molecule has 12 heteroatoms. The molecule has 1 aliphatic rings. The second-order valence-electron chi connectivity index (χ2n) is 8.66. The molecule has 0 bridgehead atoms. The summed E-state index contributed by atoms with van der Waals surface area (Å²) in [6.07, 6.45) is 1.47. The van der Waals surface area contributed by atoms with E-state index in [4.69, 9.17) is 11.6 Å². The van der Waals surface area contributed by atoms with Gasteiger partial charge in [-0.3, -0.25) is 14.6 Å². The Morgan fingerprint density at radius 2 is 1.87 bits per heavy atom. The molecule has 2 amide bonds. The summed E-state index contributed by atoms with van der Waals surface area (Å²) in [4.78, 5) is 30.3. The van der Waals surface area contributed by atoms with Crippen LogP contribution in [0, 0.1) is 5.82 Å². The van der Waals surface area contributed by atoms with Crippen molar-refractivity contribution in [1.82, 2.24) is 36.5 Å². The quantitative estimate of drug-likeness (QED) is 0.247. The van der Waals surface area contributed by atoms with Crippen molar-refractivity contribution in [2.45, 2.75) is 19.0 Å². The first kappa shape index (κ1) is 25.5. The second-order valence-corrected chi connectivity index (χ2v) is 9.07. The Balaban J connectivity index is 1.42. The summed E-state index contributed by atoms with van der Waals surface area (Å²) < 4.78 is 15.8. The molecule has 4 aromatic rings. The lowest BCUT2D eigenvalue weighted by Crippen LogP contribution is -2.43. The van der Waals surface area contributed by atoms with E-state index in [-0.39, 0.29) is 39.9 Å². The van der Waals surface area contributed by atoms with Gasteiger partial charge in [-0.25, -0.2) is 19.9 Å². The van der Waals surface area contributed by atoms with Crippen LogP contribution in [0.25, 0.3) is 16.9 Å². The average molecular weight is 535 g/mol. The van der Waals surface area contributed by atoms with E-state index < -0.39 is 17.6 Å². The zero-order valence-corrected chi connectivity index (χ0v) is 21.0. The molecule has 10 nitrogen and oxygen atoms in total. The molecule has 3 heterocycles. The molecule has 2 atom stereocenters.